The van der Waals surface area contributed by atoms with Gasteiger partial charge in [0.2, 0.25) is 0 Å². The summed E-state index contributed by atoms with van der Waals surface area (Å²) in [7, 11) is 0. The molecule has 4 rings (SSSR count). The van der Waals surface area contributed by atoms with E-state index in [-0.39, 0.29) is 29.1 Å². The number of hydrazone groups is 1. The molecule has 0 spiro atoms. The maximum atomic E-state index is 12.5. The molecule has 0 bridgehead atoms. The highest BCUT2D eigenvalue weighted by Crippen LogP contribution is 2.26. The molecule has 27 heavy (non-hydrogen) atoms. The maximum absolute atomic E-state index is 12.5. The van der Waals surface area contributed by atoms with E-state index in [1.165, 1.54) is 17.1 Å². The zero-order valence-electron chi connectivity index (χ0n) is 13.9. The number of fused-ring (bicyclic) bond motifs is 1. The molecular weight excluding hydrogens is 350 g/mol. The van der Waals surface area contributed by atoms with E-state index in [0.717, 1.165) is 0 Å². The molecule has 8 nitrogen and oxygen atoms in total. The van der Waals surface area contributed by atoms with Gasteiger partial charge in [-0.15, -0.1) is 0 Å². The van der Waals surface area contributed by atoms with Crippen LogP contribution in [0.2, 0.25) is 0 Å². The first-order valence-electron chi connectivity index (χ1n) is 8.06. The predicted molar refractivity (Wildman–Crippen MR) is 97.6 cm³/mol. The third-order valence-electron chi connectivity index (χ3n) is 4.05. The van der Waals surface area contributed by atoms with Crippen LogP contribution in [0.25, 0.3) is 11.0 Å². The summed E-state index contributed by atoms with van der Waals surface area (Å²) in [5, 5.41) is 18.2. The van der Waals surface area contributed by atoms with Gasteiger partial charge in [0.1, 0.15) is 17.2 Å². The molecule has 134 valence electrons. The number of hydrogen-bond acceptors (Lipinski definition) is 6. The topological polar surface area (TPSA) is 112 Å². The number of nitrogens with one attached hydrogen (secondary N) is 1. The number of amidine groups is 1. The van der Waals surface area contributed by atoms with Crippen molar-refractivity contribution in [2.24, 2.45) is 5.10 Å². The minimum absolute atomic E-state index is 0.0702. The molecule has 8 heteroatoms. The second kappa shape index (κ2) is 6.41. The number of rotatable bonds is 2. The normalized spacial score (nSPS) is 13.7. The Morgan fingerprint density at radius 2 is 1.78 bits per heavy atom. The van der Waals surface area contributed by atoms with Crippen LogP contribution in [-0.4, -0.2) is 22.8 Å². The van der Waals surface area contributed by atoms with Crippen molar-refractivity contribution >= 4 is 34.3 Å². The van der Waals surface area contributed by atoms with E-state index in [1.807, 2.05) is 0 Å². The molecular formula is C19H13N3O5. The van der Waals surface area contributed by atoms with Crippen molar-refractivity contribution in [3.63, 3.8) is 0 Å². The molecule has 0 atom stereocenters. The fraction of sp³-hybridized carbons (Fsp3) is 0.0526. The molecule has 1 aromatic heterocycles. The maximum Gasteiger partial charge on any atom is 0.353 e. The molecule has 0 saturated carbocycles. The lowest BCUT2D eigenvalue weighted by molar-refractivity contribution is -0.116. The summed E-state index contributed by atoms with van der Waals surface area (Å²) in [5.41, 5.74) is -0.796. The Morgan fingerprint density at radius 1 is 1.07 bits per heavy atom. The second-order valence-electron chi connectivity index (χ2n) is 5.83. The van der Waals surface area contributed by atoms with Crippen LogP contribution in [0.1, 0.15) is 16.8 Å². The number of benzene rings is 2. The number of nitrogens with zero attached hydrogens (tertiary/aromatic N) is 2. The van der Waals surface area contributed by atoms with Crippen molar-refractivity contribution in [1.82, 2.24) is 5.32 Å². The lowest BCUT2D eigenvalue weighted by Gasteiger charge is -2.10. The van der Waals surface area contributed by atoms with Crippen LogP contribution in [-0.2, 0) is 4.79 Å². The Bertz CT molecular complexity index is 1150. The van der Waals surface area contributed by atoms with Gasteiger partial charge in [-0.05, 0) is 24.3 Å². The van der Waals surface area contributed by atoms with Crippen LogP contribution < -0.4 is 16.0 Å². The summed E-state index contributed by atoms with van der Waals surface area (Å²) in [6.07, 6.45) is -0.139. The monoisotopic (exact) mass is 363 g/mol. The average molecular weight is 363 g/mol. The largest absolute Gasteiger partial charge is 0.506 e. The summed E-state index contributed by atoms with van der Waals surface area (Å²) in [6.45, 7) is 0. The van der Waals surface area contributed by atoms with Crippen LogP contribution in [0.4, 0.5) is 5.69 Å². The number of carbonyl (C=O) groups excluding carboxylic acids is 2. The number of aromatic hydroxyl groups is 1. The van der Waals surface area contributed by atoms with Gasteiger partial charge in [-0.2, -0.15) is 10.1 Å². The average Bonchev–Trinajstić information content (AvgIpc) is 3.02. The summed E-state index contributed by atoms with van der Waals surface area (Å²) < 4.78 is 5.08. The van der Waals surface area contributed by atoms with Gasteiger partial charge in [0, 0.05) is 0 Å². The van der Waals surface area contributed by atoms with Crippen molar-refractivity contribution < 1.29 is 19.1 Å². The van der Waals surface area contributed by atoms with Crippen molar-refractivity contribution in [3.8, 4) is 5.75 Å². The Balaban J connectivity index is 1.64. The van der Waals surface area contributed by atoms with Crippen LogP contribution in [0.15, 0.2) is 68.9 Å². The molecule has 0 radical (unpaired) electrons. The molecule has 3 aromatic rings. The summed E-state index contributed by atoms with van der Waals surface area (Å²) in [4.78, 5) is 36.8. The van der Waals surface area contributed by atoms with E-state index in [4.69, 9.17) is 4.42 Å². The molecule has 0 aliphatic carbocycles. The molecule has 2 aromatic carbocycles. The van der Waals surface area contributed by atoms with E-state index in [2.05, 4.69) is 10.4 Å². The van der Waals surface area contributed by atoms with E-state index in [0.29, 0.717) is 5.69 Å². The molecule has 1 aliphatic rings. The smallest absolute Gasteiger partial charge is 0.353 e. The van der Waals surface area contributed by atoms with E-state index in [1.54, 1.807) is 42.5 Å². The second-order valence-corrected chi connectivity index (χ2v) is 5.83. The van der Waals surface area contributed by atoms with Crippen LogP contribution >= 0.6 is 0 Å². The van der Waals surface area contributed by atoms with E-state index >= 15 is 0 Å². The number of hydrogen-bond donors (Lipinski definition) is 2. The fourth-order valence-electron chi connectivity index (χ4n) is 2.80. The molecule has 2 amide bonds. The number of anilines is 1. The Morgan fingerprint density at radius 3 is 2.56 bits per heavy atom. The minimum atomic E-state index is -0.978. The first-order valence-corrected chi connectivity index (χ1v) is 8.06. The van der Waals surface area contributed by atoms with Gasteiger partial charge in [-0.3, -0.25) is 9.59 Å². The lowest BCUT2D eigenvalue weighted by atomic mass is 10.1. The molecule has 1 aliphatic heterocycles. The number of amides is 2. The Labute approximate surface area is 152 Å². The van der Waals surface area contributed by atoms with E-state index in [9.17, 15) is 19.5 Å². The fourth-order valence-corrected chi connectivity index (χ4v) is 2.80. The predicted octanol–water partition coefficient (Wildman–Crippen LogP) is 1.98. The first kappa shape index (κ1) is 16.5. The van der Waals surface area contributed by atoms with Gasteiger partial charge in [-0.1, -0.05) is 30.3 Å². The first-order chi connectivity index (χ1) is 13.0. The Kier molecular flexibility index (Phi) is 3.92. The van der Waals surface area contributed by atoms with Crippen LogP contribution in [0.5, 0.6) is 5.75 Å². The third-order valence-corrected chi connectivity index (χ3v) is 4.05. The van der Waals surface area contributed by atoms with Gasteiger partial charge < -0.3 is 14.8 Å². The van der Waals surface area contributed by atoms with Crippen molar-refractivity contribution in [2.45, 2.75) is 6.42 Å². The lowest BCUT2D eigenvalue weighted by Crippen LogP contribution is -2.33. The van der Waals surface area contributed by atoms with Crippen molar-refractivity contribution in [3.05, 3.63) is 70.6 Å². The standard InChI is InChI=1S/C19H13N3O5/c23-15-10-14(21-22(15)11-6-2-1-3-7-11)20-18(25)16-17(24)12-8-4-5-9-13(12)27-19(16)26/h1-9,24H,10H2,(H,20,21,25). The van der Waals surface area contributed by atoms with Crippen LogP contribution in [0.3, 0.4) is 0 Å². The zero-order chi connectivity index (χ0) is 19.0. The highest BCUT2D eigenvalue weighted by Gasteiger charge is 2.28. The Hall–Kier alpha value is -3.94. The van der Waals surface area contributed by atoms with Gasteiger partial charge in [-0.25, -0.2) is 4.79 Å². The minimum Gasteiger partial charge on any atom is -0.506 e. The van der Waals surface area contributed by atoms with Crippen molar-refractivity contribution in [2.75, 3.05) is 5.01 Å². The highest BCUT2D eigenvalue weighted by molar-refractivity contribution is 6.18. The number of carbonyl (C=O) groups is 2. The third kappa shape index (κ3) is 2.93. The zero-order valence-corrected chi connectivity index (χ0v) is 13.9. The molecule has 0 saturated heterocycles. The molecule has 2 heterocycles. The van der Waals surface area contributed by atoms with Crippen molar-refractivity contribution in [1.29, 1.82) is 0 Å². The number of para-hydroxylation sites is 2. The van der Waals surface area contributed by atoms with Gasteiger partial charge in [0.05, 0.1) is 17.5 Å². The van der Waals surface area contributed by atoms with Gasteiger partial charge >= 0.3 is 5.63 Å². The molecule has 2 N–H and O–H groups in total. The van der Waals surface area contributed by atoms with Gasteiger partial charge in [0.25, 0.3) is 11.8 Å². The van der Waals surface area contributed by atoms with Gasteiger partial charge in [0.15, 0.2) is 5.56 Å². The summed E-state index contributed by atoms with van der Waals surface area (Å²) >= 11 is 0. The van der Waals surface area contributed by atoms with E-state index < -0.39 is 22.8 Å². The SMILES string of the molecule is O=C(NC1=NN(c2ccccc2)C(=O)C1)c1c(O)c2ccccc2oc1=O. The molecule has 0 fully saturated rings. The summed E-state index contributed by atoms with van der Waals surface area (Å²) in [6, 6.07) is 15.0. The quantitative estimate of drug-likeness (QED) is 0.676. The summed E-state index contributed by atoms with van der Waals surface area (Å²) in [5.74, 6) is -1.63. The van der Waals surface area contributed by atoms with Crippen LogP contribution in [0, 0.1) is 0 Å². The molecule has 0 unspecified atom stereocenters. The highest BCUT2D eigenvalue weighted by atomic mass is 16.4.